The number of hydrogen-bond acceptors (Lipinski definition) is 3. The van der Waals surface area contributed by atoms with Crippen molar-refractivity contribution in [3.63, 3.8) is 0 Å². The molecule has 0 bridgehead atoms. The second-order valence-electron chi connectivity index (χ2n) is 5.06. The van der Waals surface area contributed by atoms with E-state index in [4.69, 9.17) is 9.84 Å². The quantitative estimate of drug-likeness (QED) is 0.844. The highest BCUT2D eigenvalue weighted by molar-refractivity contribution is 5.93. The van der Waals surface area contributed by atoms with Crippen LogP contribution in [0.15, 0.2) is 30.3 Å². The predicted octanol–water partition coefficient (Wildman–Crippen LogP) is 1.93. The molecule has 0 spiro atoms. The molecule has 0 radical (unpaired) electrons. The molecule has 0 aliphatic carbocycles. The molecule has 1 N–H and O–H groups in total. The van der Waals surface area contributed by atoms with Crippen LogP contribution in [0, 0.1) is 5.82 Å². The number of nitrogens with zero attached hydrogens (tertiary/aromatic N) is 1. The van der Waals surface area contributed by atoms with Gasteiger partial charge in [-0.1, -0.05) is 18.2 Å². The first-order chi connectivity index (χ1) is 10.6. The fraction of sp³-hybridized carbons (Fsp3) is 0.375. The Balaban J connectivity index is 2.11. The molecule has 118 valence electrons. The molecule has 1 heterocycles. The van der Waals surface area contributed by atoms with Crippen molar-refractivity contribution >= 4 is 18.0 Å². The Morgan fingerprint density at radius 2 is 2.00 bits per heavy atom. The van der Waals surface area contributed by atoms with Crippen LogP contribution in [0.5, 0.6) is 0 Å². The summed E-state index contributed by atoms with van der Waals surface area (Å²) in [6, 6.07) is 5.92. The summed E-state index contributed by atoms with van der Waals surface area (Å²) in [4.78, 5) is 24.6. The van der Waals surface area contributed by atoms with Gasteiger partial charge in [-0.05, 0) is 25.0 Å². The van der Waals surface area contributed by atoms with E-state index in [0.717, 1.165) is 0 Å². The van der Waals surface area contributed by atoms with E-state index in [1.165, 1.54) is 23.1 Å². The molecular weight excluding hydrogens is 289 g/mol. The number of carbonyl (C=O) groups is 2. The number of carboxylic acid groups (broad SMARTS) is 1. The minimum Gasteiger partial charge on any atom is -0.480 e. The standard InChI is InChI=1S/C16H18FNO4/c17-14-4-2-1-3-12(14)5-6-15(19)18(11-16(20)21)13-7-9-22-10-8-13/h1-6,13H,7-11H2,(H,20,21). The van der Waals surface area contributed by atoms with Gasteiger partial charge in [-0.2, -0.15) is 0 Å². The average Bonchev–Trinajstić information content (AvgIpc) is 2.52. The number of carbonyl (C=O) groups excluding carboxylic acids is 1. The van der Waals surface area contributed by atoms with Crippen LogP contribution in [0.25, 0.3) is 6.08 Å². The van der Waals surface area contributed by atoms with Crippen LogP contribution in [0.3, 0.4) is 0 Å². The first-order valence-electron chi connectivity index (χ1n) is 7.10. The van der Waals surface area contributed by atoms with Crippen molar-refractivity contribution in [2.75, 3.05) is 19.8 Å². The van der Waals surface area contributed by atoms with Crippen LogP contribution >= 0.6 is 0 Å². The Hall–Kier alpha value is -2.21. The summed E-state index contributed by atoms with van der Waals surface area (Å²) in [5.74, 6) is -1.93. The van der Waals surface area contributed by atoms with E-state index in [1.54, 1.807) is 18.2 Å². The molecule has 1 amide bonds. The molecule has 1 saturated heterocycles. The SMILES string of the molecule is O=C(O)CN(C(=O)C=Cc1ccccc1F)C1CCOCC1. The molecule has 0 saturated carbocycles. The third-order valence-corrected chi connectivity index (χ3v) is 3.53. The fourth-order valence-electron chi connectivity index (χ4n) is 2.40. The van der Waals surface area contributed by atoms with E-state index >= 15 is 0 Å². The lowest BCUT2D eigenvalue weighted by molar-refractivity contribution is -0.145. The summed E-state index contributed by atoms with van der Waals surface area (Å²) < 4.78 is 18.7. The molecule has 1 aliphatic rings. The van der Waals surface area contributed by atoms with Crippen LogP contribution in [0.2, 0.25) is 0 Å². The molecule has 1 fully saturated rings. The molecule has 1 aromatic carbocycles. The summed E-state index contributed by atoms with van der Waals surface area (Å²) in [6.45, 7) is 0.640. The maximum absolute atomic E-state index is 13.5. The lowest BCUT2D eigenvalue weighted by atomic mass is 10.1. The van der Waals surface area contributed by atoms with Crippen molar-refractivity contribution in [2.45, 2.75) is 18.9 Å². The number of rotatable bonds is 5. The highest BCUT2D eigenvalue weighted by Gasteiger charge is 2.26. The summed E-state index contributed by atoms with van der Waals surface area (Å²) in [6.07, 6.45) is 3.79. The van der Waals surface area contributed by atoms with Crippen LogP contribution < -0.4 is 0 Å². The average molecular weight is 307 g/mol. The third-order valence-electron chi connectivity index (χ3n) is 3.53. The van der Waals surface area contributed by atoms with E-state index in [2.05, 4.69) is 0 Å². The van der Waals surface area contributed by atoms with E-state index in [0.29, 0.717) is 26.1 Å². The van der Waals surface area contributed by atoms with Gasteiger partial charge in [0, 0.05) is 30.9 Å². The number of ether oxygens (including phenoxy) is 1. The lowest BCUT2D eigenvalue weighted by Gasteiger charge is -2.32. The maximum atomic E-state index is 13.5. The van der Waals surface area contributed by atoms with Gasteiger partial charge in [-0.25, -0.2) is 4.39 Å². The predicted molar refractivity (Wildman–Crippen MR) is 78.6 cm³/mol. The Bertz CT molecular complexity index is 567. The summed E-state index contributed by atoms with van der Waals surface area (Å²) in [5, 5.41) is 8.98. The van der Waals surface area contributed by atoms with Crippen molar-refractivity contribution in [3.05, 3.63) is 41.7 Å². The largest absolute Gasteiger partial charge is 0.480 e. The molecule has 6 heteroatoms. The second-order valence-corrected chi connectivity index (χ2v) is 5.06. The molecule has 0 aromatic heterocycles. The van der Waals surface area contributed by atoms with Gasteiger partial charge in [0.05, 0.1) is 0 Å². The zero-order valence-electron chi connectivity index (χ0n) is 12.1. The van der Waals surface area contributed by atoms with Crippen molar-refractivity contribution in [2.24, 2.45) is 0 Å². The van der Waals surface area contributed by atoms with Gasteiger partial charge >= 0.3 is 5.97 Å². The Labute approximate surface area is 128 Å². The maximum Gasteiger partial charge on any atom is 0.323 e. The van der Waals surface area contributed by atoms with Gasteiger partial charge in [-0.15, -0.1) is 0 Å². The topological polar surface area (TPSA) is 66.8 Å². The normalized spacial score (nSPS) is 15.9. The Morgan fingerprint density at radius 3 is 2.64 bits per heavy atom. The van der Waals surface area contributed by atoms with Gasteiger partial charge in [-0.3, -0.25) is 9.59 Å². The number of hydrogen-bond donors (Lipinski definition) is 1. The van der Waals surface area contributed by atoms with Gasteiger partial charge in [0.1, 0.15) is 12.4 Å². The molecular formula is C16H18FNO4. The molecule has 5 nitrogen and oxygen atoms in total. The number of aliphatic carboxylic acids is 1. The van der Waals surface area contributed by atoms with Gasteiger partial charge < -0.3 is 14.7 Å². The summed E-state index contributed by atoms with van der Waals surface area (Å²) in [5.41, 5.74) is 0.290. The summed E-state index contributed by atoms with van der Waals surface area (Å²) >= 11 is 0. The van der Waals surface area contributed by atoms with E-state index in [9.17, 15) is 14.0 Å². The van der Waals surface area contributed by atoms with Crippen LogP contribution in [-0.4, -0.2) is 47.7 Å². The minimum atomic E-state index is -1.07. The highest BCUT2D eigenvalue weighted by Crippen LogP contribution is 2.16. The van der Waals surface area contributed by atoms with Crippen LogP contribution in [-0.2, 0) is 14.3 Å². The molecule has 2 rings (SSSR count). The molecule has 0 atom stereocenters. The third kappa shape index (κ3) is 4.39. The van der Waals surface area contributed by atoms with E-state index in [-0.39, 0.29) is 18.2 Å². The minimum absolute atomic E-state index is 0.164. The van der Waals surface area contributed by atoms with Gasteiger partial charge in [0.2, 0.25) is 5.91 Å². The van der Waals surface area contributed by atoms with Crippen LogP contribution in [0.1, 0.15) is 18.4 Å². The number of benzene rings is 1. The zero-order chi connectivity index (χ0) is 15.9. The highest BCUT2D eigenvalue weighted by atomic mass is 19.1. The van der Waals surface area contributed by atoms with Gasteiger partial charge in [0.15, 0.2) is 0 Å². The van der Waals surface area contributed by atoms with Crippen molar-refractivity contribution < 1.29 is 23.8 Å². The fourth-order valence-corrected chi connectivity index (χ4v) is 2.40. The Kier molecular flexibility index (Phi) is 5.66. The van der Waals surface area contributed by atoms with Gasteiger partial charge in [0.25, 0.3) is 0 Å². The first kappa shape index (κ1) is 16.2. The zero-order valence-corrected chi connectivity index (χ0v) is 12.1. The number of halogens is 1. The molecule has 0 unspecified atom stereocenters. The lowest BCUT2D eigenvalue weighted by Crippen LogP contribution is -2.45. The first-order valence-corrected chi connectivity index (χ1v) is 7.10. The van der Waals surface area contributed by atoms with Crippen molar-refractivity contribution in [3.8, 4) is 0 Å². The second kappa shape index (κ2) is 7.70. The summed E-state index contributed by atoms with van der Waals surface area (Å²) in [7, 11) is 0. The smallest absolute Gasteiger partial charge is 0.323 e. The van der Waals surface area contributed by atoms with Crippen molar-refractivity contribution in [1.82, 2.24) is 4.90 Å². The van der Waals surface area contributed by atoms with E-state index in [1.807, 2.05) is 0 Å². The van der Waals surface area contributed by atoms with Crippen molar-refractivity contribution in [1.29, 1.82) is 0 Å². The molecule has 1 aliphatic heterocycles. The molecule has 1 aromatic rings. The number of amides is 1. The monoisotopic (exact) mass is 307 g/mol. The molecule has 22 heavy (non-hydrogen) atoms. The number of carboxylic acids is 1. The van der Waals surface area contributed by atoms with E-state index < -0.39 is 17.7 Å². The Morgan fingerprint density at radius 1 is 1.32 bits per heavy atom. The van der Waals surface area contributed by atoms with Crippen LogP contribution in [0.4, 0.5) is 4.39 Å².